The van der Waals surface area contributed by atoms with E-state index in [1.807, 2.05) is 0 Å². The summed E-state index contributed by atoms with van der Waals surface area (Å²) < 4.78 is 58.3. The highest BCUT2D eigenvalue weighted by Crippen LogP contribution is 2.45. The number of aliphatic hydroxyl groups excluding tert-OH is 1. The molecule has 204 valence electrons. The Morgan fingerprint density at radius 2 is 1.56 bits per heavy atom. The summed E-state index contributed by atoms with van der Waals surface area (Å²) in [6.07, 6.45) is -4.98. The lowest BCUT2D eigenvalue weighted by molar-refractivity contribution is -0.274. The minimum absolute atomic E-state index is 0.00559. The number of methoxy groups -OCH3 is 3. The first-order valence-electron chi connectivity index (χ1n) is 11.2. The molecule has 39 heavy (non-hydrogen) atoms. The molecule has 0 aromatic heterocycles. The van der Waals surface area contributed by atoms with E-state index >= 15 is 0 Å². The zero-order valence-corrected chi connectivity index (χ0v) is 21.5. The van der Waals surface area contributed by atoms with Crippen LogP contribution in [0.1, 0.15) is 17.2 Å². The van der Waals surface area contributed by atoms with Gasteiger partial charge in [-0.1, -0.05) is 29.8 Å². The normalized spacial score (nSPS) is 16.8. The van der Waals surface area contributed by atoms with E-state index in [9.17, 15) is 27.9 Å². The first-order valence-corrected chi connectivity index (χ1v) is 11.6. The van der Waals surface area contributed by atoms with Crippen molar-refractivity contribution in [1.29, 1.82) is 0 Å². The summed E-state index contributed by atoms with van der Waals surface area (Å²) in [7, 11) is 4.16. The lowest BCUT2D eigenvalue weighted by atomic mass is 9.94. The van der Waals surface area contributed by atoms with E-state index in [1.165, 1.54) is 45.6 Å². The smallest absolute Gasteiger partial charge is 0.507 e. The van der Waals surface area contributed by atoms with Gasteiger partial charge in [0, 0.05) is 17.8 Å². The molecule has 1 heterocycles. The molecule has 0 saturated carbocycles. The second kappa shape index (κ2) is 10.8. The van der Waals surface area contributed by atoms with Crippen LogP contribution in [0.3, 0.4) is 0 Å². The third-order valence-corrected chi connectivity index (χ3v) is 6.23. The number of hydrogen-bond donors (Lipinski definition) is 1. The second-order valence-electron chi connectivity index (χ2n) is 8.17. The molecule has 0 radical (unpaired) electrons. The highest BCUT2D eigenvalue weighted by atomic mass is 35.5. The molecule has 0 bridgehead atoms. The van der Waals surface area contributed by atoms with Gasteiger partial charge in [-0.3, -0.25) is 14.5 Å². The van der Waals surface area contributed by atoms with Gasteiger partial charge < -0.3 is 24.1 Å². The van der Waals surface area contributed by atoms with Crippen LogP contribution in [0.4, 0.5) is 18.9 Å². The number of rotatable bonds is 7. The predicted molar refractivity (Wildman–Crippen MR) is 135 cm³/mol. The van der Waals surface area contributed by atoms with Crippen LogP contribution in [0.25, 0.3) is 5.76 Å². The lowest BCUT2D eigenvalue weighted by Gasteiger charge is -2.26. The Hall–Kier alpha value is -4.38. The van der Waals surface area contributed by atoms with Crippen LogP contribution in [0, 0.1) is 0 Å². The Labute approximate surface area is 225 Å². The molecule has 1 N–H and O–H groups in total. The summed E-state index contributed by atoms with van der Waals surface area (Å²) >= 11 is 6.26. The Morgan fingerprint density at radius 1 is 0.897 bits per heavy atom. The fraction of sp³-hybridized carbons (Fsp3) is 0.185. The van der Waals surface area contributed by atoms with Crippen LogP contribution in [-0.4, -0.2) is 44.5 Å². The molecule has 1 fully saturated rings. The van der Waals surface area contributed by atoms with E-state index in [-0.39, 0.29) is 33.3 Å². The third-order valence-electron chi connectivity index (χ3n) is 5.93. The number of alkyl halides is 3. The largest absolute Gasteiger partial charge is 0.573 e. The number of Topliss-reactive ketones (excluding diaryl/α,β-unsaturated/α-hetero) is 1. The van der Waals surface area contributed by atoms with Crippen molar-refractivity contribution < 1.29 is 46.8 Å². The molecule has 0 aliphatic carbocycles. The number of carbonyl (C=O) groups excluding carboxylic acids is 2. The summed E-state index contributed by atoms with van der Waals surface area (Å²) in [5.41, 5.74) is -0.0588. The molecular weight excluding hydrogens is 543 g/mol. The molecule has 4 rings (SSSR count). The summed E-state index contributed by atoms with van der Waals surface area (Å²) in [5, 5.41) is 11.5. The van der Waals surface area contributed by atoms with E-state index < -0.39 is 35.6 Å². The molecule has 3 aromatic rings. The standard InChI is InChI=1S/C27H21ClF3NO7/c1-36-16-9-7-14(8-10-16)23-22(24(33)18-12-19(28)21(38-3)13-20(18)37-2)25(34)26(35)32(23)15-5-4-6-17(11-15)39-27(29,30)31/h4-13,23,33H,1-3H3/b24-22+. The average Bonchev–Trinajstić information content (AvgIpc) is 3.17. The summed E-state index contributed by atoms with van der Waals surface area (Å²) in [6.45, 7) is 0. The van der Waals surface area contributed by atoms with Gasteiger partial charge in [0.1, 0.15) is 28.8 Å². The summed E-state index contributed by atoms with van der Waals surface area (Å²) in [4.78, 5) is 27.7. The highest BCUT2D eigenvalue weighted by Gasteiger charge is 2.47. The second-order valence-corrected chi connectivity index (χ2v) is 8.58. The summed E-state index contributed by atoms with van der Waals surface area (Å²) in [6, 6.07) is 12.3. The number of amides is 1. The zero-order chi connectivity index (χ0) is 28.5. The van der Waals surface area contributed by atoms with Gasteiger partial charge in [-0.2, -0.15) is 0 Å². The molecule has 0 spiro atoms. The van der Waals surface area contributed by atoms with Gasteiger partial charge in [-0.25, -0.2) is 0 Å². The summed E-state index contributed by atoms with van der Waals surface area (Å²) in [5.74, 6) is -2.57. The van der Waals surface area contributed by atoms with Crippen molar-refractivity contribution in [1.82, 2.24) is 0 Å². The number of hydrogen-bond acceptors (Lipinski definition) is 7. The molecule has 1 aliphatic heterocycles. The number of nitrogens with zero attached hydrogens (tertiary/aromatic N) is 1. The first-order chi connectivity index (χ1) is 18.5. The van der Waals surface area contributed by atoms with Crippen molar-refractivity contribution in [3.63, 3.8) is 0 Å². The van der Waals surface area contributed by atoms with Crippen molar-refractivity contribution in [2.75, 3.05) is 26.2 Å². The average molecular weight is 564 g/mol. The van der Waals surface area contributed by atoms with Crippen LogP contribution in [0.2, 0.25) is 5.02 Å². The quantitative estimate of drug-likeness (QED) is 0.218. The number of anilines is 1. The molecule has 1 amide bonds. The van der Waals surface area contributed by atoms with Gasteiger partial charge >= 0.3 is 6.36 Å². The van der Waals surface area contributed by atoms with E-state index in [0.29, 0.717) is 11.3 Å². The highest BCUT2D eigenvalue weighted by molar-refractivity contribution is 6.51. The first kappa shape index (κ1) is 27.6. The van der Waals surface area contributed by atoms with Crippen LogP contribution in [0.5, 0.6) is 23.0 Å². The minimum Gasteiger partial charge on any atom is -0.507 e. The van der Waals surface area contributed by atoms with E-state index in [1.54, 1.807) is 24.3 Å². The van der Waals surface area contributed by atoms with Crippen LogP contribution in [-0.2, 0) is 9.59 Å². The molecule has 1 saturated heterocycles. The van der Waals surface area contributed by atoms with Crippen LogP contribution < -0.4 is 23.8 Å². The molecule has 1 unspecified atom stereocenters. The maximum Gasteiger partial charge on any atom is 0.573 e. The minimum atomic E-state index is -4.98. The number of halogens is 4. The van der Waals surface area contributed by atoms with Crippen molar-refractivity contribution in [2.45, 2.75) is 12.4 Å². The van der Waals surface area contributed by atoms with Gasteiger partial charge in [0.15, 0.2) is 0 Å². The number of ketones is 1. The number of benzene rings is 3. The fourth-order valence-electron chi connectivity index (χ4n) is 4.22. The van der Waals surface area contributed by atoms with Crippen LogP contribution >= 0.6 is 11.6 Å². The zero-order valence-electron chi connectivity index (χ0n) is 20.7. The maximum absolute atomic E-state index is 13.4. The third kappa shape index (κ3) is 5.44. The Morgan fingerprint density at radius 3 is 2.15 bits per heavy atom. The van der Waals surface area contributed by atoms with E-state index in [2.05, 4.69) is 4.74 Å². The number of carbonyl (C=O) groups is 2. The SMILES string of the molecule is COc1ccc(C2/C(=C(\O)c3cc(Cl)c(OC)cc3OC)C(=O)C(=O)N2c2cccc(OC(F)(F)F)c2)cc1. The predicted octanol–water partition coefficient (Wildman–Crippen LogP) is 5.89. The Kier molecular flexibility index (Phi) is 7.64. The number of aliphatic hydroxyl groups is 1. The lowest BCUT2D eigenvalue weighted by Crippen LogP contribution is -2.29. The van der Waals surface area contributed by atoms with Crippen molar-refractivity contribution >= 4 is 34.7 Å². The van der Waals surface area contributed by atoms with Gasteiger partial charge in [-0.05, 0) is 35.9 Å². The Bertz CT molecular complexity index is 1450. The molecule has 1 atom stereocenters. The Balaban J connectivity index is 1.95. The maximum atomic E-state index is 13.4. The molecule has 12 heteroatoms. The van der Waals surface area contributed by atoms with Gasteiger partial charge in [0.25, 0.3) is 11.7 Å². The van der Waals surface area contributed by atoms with Gasteiger partial charge in [0.2, 0.25) is 0 Å². The molecule has 1 aliphatic rings. The monoisotopic (exact) mass is 563 g/mol. The van der Waals surface area contributed by atoms with E-state index in [0.717, 1.165) is 17.0 Å². The van der Waals surface area contributed by atoms with Crippen molar-refractivity contribution in [3.05, 3.63) is 82.4 Å². The number of ether oxygens (including phenoxy) is 4. The van der Waals surface area contributed by atoms with E-state index in [4.69, 9.17) is 25.8 Å². The molecule has 3 aromatic carbocycles. The van der Waals surface area contributed by atoms with Crippen LogP contribution in [0.15, 0.2) is 66.2 Å². The van der Waals surface area contributed by atoms with Crippen molar-refractivity contribution in [3.8, 4) is 23.0 Å². The van der Waals surface area contributed by atoms with Gasteiger partial charge in [0.05, 0.1) is 43.5 Å². The molecule has 8 nitrogen and oxygen atoms in total. The van der Waals surface area contributed by atoms with Gasteiger partial charge in [-0.15, -0.1) is 13.2 Å². The topological polar surface area (TPSA) is 94.5 Å². The fourth-order valence-corrected chi connectivity index (χ4v) is 4.46. The molecular formula is C27H21ClF3NO7. The van der Waals surface area contributed by atoms with Crippen molar-refractivity contribution in [2.24, 2.45) is 0 Å².